The van der Waals surface area contributed by atoms with Crippen molar-refractivity contribution in [1.29, 1.82) is 0 Å². The minimum Gasteiger partial charge on any atom is -0.310 e. The molecule has 0 saturated heterocycles. The lowest BCUT2D eigenvalue weighted by atomic mass is 9.86. The molecule has 0 aromatic heterocycles. The third-order valence-electron chi connectivity index (χ3n) is 4.14. The van der Waals surface area contributed by atoms with Crippen molar-refractivity contribution in [2.45, 2.75) is 69.2 Å². The van der Waals surface area contributed by atoms with E-state index in [9.17, 15) is 0 Å². The Kier molecular flexibility index (Phi) is 4.39. The lowest BCUT2D eigenvalue weighted by Crippen LogP contribution is -2.43. The van der Waals surface area contributed by atoms with Gasteiger partial charge in [0.05, 0.1) is 0 Å². The van der Waals surface area contributed by atoms with Crippen molar-refractivity contribution >= 4 is 11.8 Å². The van der Waals surface area contributed by atoms with E-state index < -0.39 is 0 Å². The lowest BCUT2D eigenvalue weighted by Gasteiger charge is -2.31. The van der Waals surface area contributed by atoms with Crippen LogP contribution in [0, 0.1) is 5.92 Å². The van der Waals surface area contributed by atoms with Gasteiger partial charge in [-0.1, -0.05) is 26.2 Å². The predicted molar refractivity (Wildman–Crippen MR) is 69.5 cm³/mol. The quantitative estimate of drug-likeness (QED) is 0.792. The molecular formula is C13H25NS. The molecule has 1 nitrogen and oxygen atoms in total. The van der Waals surface area contributed by atoms with E-state index in [1.54, 1.807) is 0 Å². The molecule has 1 N–H and O–H groups in total. The van der Waals surface area contributed by atoms with Crippen LogP contribution in [0.1, 0.15) is 51.9 Å². The van der Waals surface area contributed by atoms with E-state index in [-0.39, 0.29) is 0 Å². The Balaban J connectivity index is 1.80. The minimum absolute atomic E-state index is 0.815. The van der Waals surface area contributed by atoms with Gasteiger partial charge in [0.1, 0.15) is 0 Å². The van der Waals surface area contributed by atoms with E-state index in [1.165, 1.54) is 44.9 Å². The predicted octanol–water partition coefficient (Wildman–Crippen LogP) is 3.44. The molecule has 0 spiro atoms. The summed E-state index contributed by atoms with van der Waals surface area (Å²) in [5.41, 5.74) is 0. The van der Waals surface area contributed by atoms with Crippen molar-refractivity contribution in [2.24, 2.45) is 5.92 Å². The molecule has 0 radical (unpaired) electrons. The average molecular weight is 227 g/mol. The van der Waals surface area contributed by atoms with Crippen LogP contribution < -0.4 is 5.32 Å². The number of hydrogen-bond donors (Lipinski definition) is 1. The molecule has 0 aliphatic heterocycles. The van der Waals surface area contributed by atoms with Gasteiger partial charge < -0.3 is 5.32 Å². The molecule has 0 amide bonds. The third-order valence-corrected chi connectivity index (χ3v) is 5.31. The Bertz CT molecular complexity index is 195. The second kappa shape index (κ2) is 5.58. The lowest BCUT2D eigenvalue weighted by molar-refractivity contribution is 0.282. The standard InChI is InChI=1S/C13H25NS/c1-10-5-3-6-11(9-10)14-12-7-4-8-13(12)15-2/h10-14H,3-9H2,1-2H3. The normalized spacial score (nSPS) is 42.0. The van der Waals surface area contributed by atoms with Gasteiger partial charge >= 0.3 is 0 Å². The van der Waals surface area contributed by atoms with Crippen LogP contribution in [0.25, 0.3) is 0 Å². The maximum absolute atomic E-state index is 3.93. The van der Waals surface area contributed by atoms with E-state index in [4.69, 9.17) is 0 Å². The number of thioether (sulfide) groups is 1. The van der Waals surface area contributed by atoms with E-state index >= 15 is 0 Å². The van der Waals surface area contributed by atoms with Crippen LogP contribution in [0.2, 0.25) is 0 Å². The highest BCUT2D eigenvalue weighted by atomic mass is 32.2. The minimum atomic E-state index is 0.815. The molecule has 0 aromatic carbocycles. The van der Waals surface area contributed by atoms with Crippen molar-refractivity contribution in [2.75, 3.05) is 6.26 Å². The van der Waals surface area contributed by atoms with Crippen LogP contribution in [0.5, 0.6) is 0 Å². The maximum Gasteiger partial charge on any atom is 0.0198 e. The Morgan fingerprint density at radius 1 is 1.07 bits per heavy atom. The van der Waals surface area contributed by atoms with E-state index in [1.807, 2.05) is 0 Å². The summed E-state index contributed by atoms with van der Waals surface area (Å²) in [5.74, 6) is 0.949. The summed E-state index contributed by atoms with van der Waals surface area (Å²) in [6, 6.07) is 1.64. The fourth-order valence-electron chi connectivity index (χ4n) is 3.29. The first-order valence-corrected chi connectivity index (χ1v) is 7.87. The zero-order valence-electron chi connectivity index (χ0n) is 10.2. The van der Waals surface area contributed by atoms with Gasteiger partial charge in [-0.15, -0.1) is 0 Å². The third kappa shape index (κ3) is 3.13. The first kappa shape index (κ1) is 11.8. The summed E-state index contributed by atoms with van der Waals surface area (Å²) in [6.07, 6.45) is 12.3. The Hall–Kier alpha value is 0.310. The Morgan fingerprint density at radius 2 is 1.87 bits per heavy atom. The molecule has 0 bridgehead atoms. The highest BCUT2D eigenvalue weighted by Crippen LogP contribution is 2.31. The molecule has 4 atom stereocenters. The van der Waals surface area contributed by atoms with Crippen LogP contribution in [-0.4, -0.2) is 23.6 Å². The monoisotopic (exact) mass is 227 g/mol. The van der Waals surface area contributed by atoms with Crippen LogP contribution >= 0.6 is 11.8 Å². The molecule has 2 fully saturated rings. The summed E-state index contributed by atoms with van der Waals surface area (Å²) in [4.78, 5) is 0. The Morgan fingerprint density at radius 3 is 2.60 bits per heavy atom. The maximum atomic E-state index is 3.93. The first-order valence-electron chi connectivity index (χ1n) is 6.58. The first-order chi connectivity index (χ1) is 7.29. The molecule has 0 aromatic rings. The van der Waals surface area contributed by atoms with Crippen molar-refractivity contribution in [3.05, 3.63) is 0 Å². The summed E-state index contributed by atoms with van der Waals surface area (Å²) >= 11 is 2.07. The van der Waals surface area contributed by atoms with Crippen LogP contribution in [-0.2, 0) is 0 Å². The van der Waals surface area contributed by atoms with Gasteiger partial charge in [0.15, 0.2) is 0 Å². The molecule has 2 aliphatic carbocycles. The Labute approximate surface area is 98.8 Å². The van der Waals surface area contributed by atoms with Gasteiger partial charge in [-0.05, 0) is 37.9 Å². The number of nitrogens with one attached hydrogen (secondary N) is 1. The molecule has 88 valence electrons. The van der Waals surface area contributed by atoms with Gasteiger partial charge in [0.2, 0.25) is 0 Å². The van der Waals surface area contributed by atoms with Crippen LogP contribution in [0.15, 0.2) is 0 Å². The zero-order chi connectivity index (χ0) is 10.7. The zero-order valence-corrected chi connectivity index (χ0v) is 11.0. The summed E-state index contributed by atoms with van der Waals surface area (Å²) in [6.45, 7) is 2.41. The van der Waals surface area contributed by atoms with Crippen molar-refractivity contribution < 1.29 is 0 Å². The summed E-state index contributed by atoms with van der Waals surface area (Å²) in [7, 11) is 0. The van der Waals surface area contributed by atoms with Crippen LogP contribution in [0.4, 0.5) is 0 Å². The fraction of sp³-hybridized carbons (Fsp3) is 1.00. The van der Waals surface area contributed by atoms with E-state index in [0.29, 0.717) is 0 Å². The second-order valence-corrected chi connectivity index (χ2v) is 6.52. The van der Waals surface area contributed by atoms with Gasteiger partial charge in [-0.25, -0.2) is 0 Å². The van der Waals surface area contributed by atoms with Gasteiger partial charge in [0, 0.05) is 17.3 Å². The van der Waals surface area contributed by atoms with Gasteiger partial charge in [-0.3, -0.25) is 0 Å². The highest BCUT2D eigenvalue weighted by Gasteiger charge is 2.29. The van der Waals surface area contributed by atoms with Crippen LogP contribution in [0.3, 0.4) is 0 Å². The van der Waals surface area contributed by atoms with E-state index in [0.717, 1.165) is 23.3 Å². The van der Waals surface area contributed by atoms with Crippen molar-refractivity contribution in [3.63, 3.8) is 0 Å². The SMILES string of the molecule is CSC1CCCC1NC1CCCC(C)C1. The number of rotatable bonds is 3. The fourth-order valence-corrected chi connectivity index (χ4v) is 4.23. The molecule has 2 aliphatic rings. The molecule has 0 heterocycles. The van der Waals surface area contributed by atoms with Crippen molar-refractivity contribution in [3.8, 4) is 0 Å². The number of hydrogen-bond acceptors (Lipinski definition) is 2. The van der Waals surface area contributed by atoms with Gasteiger partial charge in [-0.2, -0.15) is 11.8 Å². The largest absolute Gasteiger partial charge is 0.310 e. The summed E-state index contributed by atoms with van der Waals surface area (Å²) < 4.78 is 0. The van der Waals surface area contributed by atoms with Gasteiger partial charge in [0.25, 0.3) is 0 Å². The molecule has 2 rings (SSSR count). The van der Waals surface area contributed by atoms with E-state index in [2.05, 4.69) is 30.3 Å². The highest BCUT2D eigenvalue weighted by molar-refractivity contribution is 7.99. The molecular weight excluding hydrogens is 202 g/mol. The van der Waals surface area contributed by atoms with Crippen molar-refractivity contribution in [1.82, 2.24) is 5.32 Å². The smallest absolute Gasteiger partial charge is 0.0198 e. The summed E-state index contributed by atoms with van der Waals surface area (Å²) in [5, 5.41) is 4.82. The molecule has 15 heavy (non-hydrogen) atoms. The second-order valence-electron chi connectivity index (χ2n) is 5.45. The molecule has 4 unspecified atom stereocenters. The topological polar surface area (TPSA) is 12.0 Å². The molecule has 2 saturated carbocycles. The average Bonchev–Trinajstić information content (AvgIpc) is 2.65. The molecule has 2 heteroatoms.